The minimum Gasteiger partial charge on any atom is -0.330 e. The molecule has 21 heavy (non-hydrogen) atoms. The van der Waals surface area contributed by atoms with Gasteiger partial charge >= 0.3 is 5.69 Å². The fraction of sp³-hybridized carbons (Fsp3) is 0.545. The third kappa shape index (κ3) is 3.67. The van der Waals surface area contributed by atoms with Gasteiger partial charge in [0.1, 0.15) is 0 Å². The molecule has 1 unspecified atom stereocenters. The normalized spacial score (nSPS) is 19.8. The molecular formula is C11H17ClN4O4S. The zero-order valence-electron chi connectivity index (χ0n) is 11.2. The van der Waals surface area contributed by atoms with Crippen LogP contribution in [0.1, 0.15) is 12.8 Å². The van der Waals surface area contributed by atoms with Gasteiger partial charge in [0, 0.05) is 25.4 Å². The average molecular weight is 337 g/mol. The van der Waals surface area contributed by atoms with Crippen LogP contribution in [0.25, 0.3) is 0 Å². The summed E-state index contributed by atoms with van der Waals surface area (Å²) in [6, 6.07) is 2.49. The molecule has 1 fully saturated rings. The Balaban J connectivity index is 0.00000220. The molecule has 2 rings (SSSR count). The number of nitrogens with zero attached hydrogens (tertiary/aromatic N) is 3. The number of hydrogen-bond acceptors (Lipinski definition) is 6. The van der Waals surface area contributed by atoms with Gasteiger partial charge in [0.25, 0.3) is 10.0 Å². The molecule has 0 aliphatic carbocycles. The van der Waals surface area contributed by atoms with E-state index in [0.717, 1.165) is 12.5 Å². The van der Waals surface area contributed by atoms with Crippen LogP contribution >= 0.6 is 12.4 Å². The van der Waals surface area contributed by atoms with Crippen LogP contribution in [0.3, 0.4) is 0 Å². The van der Waals surface area contributed by atoms with Gasteiger partial charge in [-0.05, 0) is 31.4 Å². The molecule has 2 heterocycles. The van der Waals surface area contributed by atoms with Gasteiger partial charge in [-0.25, -0.2) is 13.4 Å². The first-order valence-electron chi connectivity index (χ1n) is 6.26. The van der Waals surface area contributed by atoms with E-state index in [0.29, 0.717) is 19.5 Å². The zero-order valence-corrected chi connectivity index (χ0v) is 12.8. The highest BCUT2D eigenvalue weighted by atomic mass is 35.5. The predicted molar refractivity (Wildman–Crippen MR) is 78.7 cm³/mol. The fourth-order valence-corrected chi connectivity index (χ4v) is 3.90. The van der Waals surface area contributed by atoms with Gasteiger partial charge in [-0.2, -0.15) is 4.31 Å². The van der Waals surface area contributed by atoms with Gasteiger partial charge < -0.3 is 5.73 Å². The third-order valence-corrected chi connectivity index (χ3v) is 5.16. The van der Waals surface area contributed by atoms with Crippen molar-refractivity contribution < 1.29 is 13.3 Å². The van der Waals surface area contributed by atoms with Gasteiger partial charge in [-0.15, -0.1) is 12.4 Å². The second kappa shape index (κ2) is 7.12. The summed E-state index contributed by atoms with van der Waals surface area (Å²) in [6.07, 6.45) is 2.80. The van der Waals surface area contributed by atoms with Gasteiger partial charge in [0.2, 0.25) is 5.03 Å². The number of piperidine rings is 1. The van der Waals surface area contributed by atoms with Gasteiger partial charge in [0.05, 0.1) is 4.92 Å². The van der Waals surface area contributed by atoms with Crippen molar-refractivity contribution in [3.63, 3.8) is 0 Å². The van der Waals surface area contributed by atoms with E-state index in [1.165, 1.54) is 16.6 Å². The quantitative estimate of drug-likeness (QED) is 0.640. The van der Waals surface area contributed by atoms with Gasteiger partial charge in [-0.1, -0.05) is 0 Å². The summed E-state index contributed by atoms with van der Waals surface area (Å²) in [4.78, 5) is 13.9. The number of nitrogens with two attached hydrogens (primary N) is 1. The fourth-order valence-electron chi connectivity index (χ4n) is 2.28. The maximum absolute atomic E-state index is 12.5. The number of halogens is 1. The standard InChI is InChI=1S/C11H16N4O4S.ClH/c12-7-9-3-2-6-14(8-9)20(18,19)11-10(15(16)17)4-1-5-13-11;/h1,4-5,9H,2-3,6-8,12H2;1H. The molecule has 1 aromatic heterocycles. The first kappa shape index (κ1) is 17.8. The van der Waals surface area contributed by atoms with Crippen LogP contribution in [-0.4, -0.2) is 42.3 Å². The van der Waals surface area contributed by atoms with E-state index in [1.54, 1.807) is 0 Å². The van der Waals surface area contributed by atoms with E-state index >= 15 is 0 Å². The van der Waals surface area contributed by atoms with Crippen LogP contribution < -0.4 is 5.73 Å². The number of aromatic nitrogens is 1. The van der Waals surface area contributed by atoms with E-state index in [-0.39, 0.29) is 24.9 Å². The molecule has 2 N–H and O–H groups in total. The largest absolute Gasteiger partial charge is 0.330 e. The van der Waals surface area contributed by atoms with Crippen molar-refractivity contribution in [3.8, 4) is 0 Å². The molecule has 1 aliphatic heterocycles. The number of rotatable bonds is 4. The van der Waals surface area contributed by atoms with Crippen LogP contribution in [0.15, 0.2) is 23.4 Å². The first-order chi connectivity index (χ1) is 9.46. The van der Waals surface area contributed by atoms with E-state index in [1.807, 2.05) is 0 Å². The van der Waals surface area contributed by atoms with E-state index in [2.05, 4.69) is 4.98 Å². The Kier molecular flexibility index (Phi) is 6.02. The summed E-state index contributed by atoms with van der Waals surface area (Å²) in [5.74, 6) is 0.0845. The SMILES string of the molecule is Cl.NCC1CCCN(S(=O)(=O)c2ncccc2[N+](=O)[O-])C1. The second-order valence-corrected chi connectivity index (χ2v) is 6.55. The van der Waals surface area contributed by atoms with Crippen molar-refractivity contribution in [2.45, 2.75) is 17.9 Å². The lowest BCUT2D eigenvalue weighted by atomic mass is 10.0. The van der Waals surface area contributed by atoms with E-state index < -0.39 is 25.7 Å². The van der Waals surface area contributed by atoms with Crippen molar-refractivity contribution in [1.82, 2.24) is 9.29 Å². The summed E-state index contributed by atoms with van der Waals surface area (Å²) < 4.78 is 26.2. The maximum atomic E-state index is 12.5. The number of hydrogen-bond donors (Lipinski definition) is 1. The van der Waals surface area contributed by atoms with Crippen LogP contribution in [0.5, 0.6) is 0 Å². The molecule has 0 aromatic carbocycles. The zero-order chi connectivity index (χ0) is 14.8. The molecule has 0 amide bonds. The summed E-state index contributed by atoms with van der Waals surface area (Å²) in [5, 5.41) is 10.4. The summed E-state index contributed by atoms with van der Waals surface area (Å²) in [5.41, 5.74) is 5.08. The lowest BCUT2D eigenvalue weighted by Gasteiger charge is -2.30. The lowest BCUT2D eigenvalue weighted by Crippen LogP contribution is -2.42. The Morgan fingerprint density at radius 3 is 2.86 bits per heavy atom. The summed E-state index contributed by atoms with van der Waals surface area (Å²) >= 11 is 0. The van der Waals surface area contributed by atoms with Gasteiger partial charge in [0.15, 0.2) is 0 Å². The predicted octanol–water partition coefficient (Wildman–Crippen LogP) is 0.771. The van der Waals surface area contributed by atoms with Crippen molar-refractivity contribution in [2.75, 3.05) is 19.6 Å². The molecule has 0 saturated carbocycles. The Labute approximate surface area is 129 Å². The van der Waals surface area contributed by atoms with Crippen molar-refractivity contribution in [2.24, 2.45) is 11.7 Å². The molecular weight excluding hydrogens is 320 g/mol. The molecule has 0 spiro atoms. The Hall–Kier alpha value is -1.29. The average Bonchev–Trinajstić information content (AvgIpc) is 2.47. The monoisotopic (exact) mass is 336 g/mol. The Bertz CT molecular complexity index is 610. The minimum atomic E-state index is -3.96. The van der Waals surface area contributed by atoms with Crippen LogP contribution in [0.2, 0.25) is 0 Å². The smallest absolute Gasteiger partial charge is 0.308 e. The molecule has 1 atom stereocenters. The highest BCUT2D eigenvalue weighted by Crippen LogP contribution is 2.27. The number of sulfonamides is 1. The van der Waals surface area contributed by atoms with Crippen molar-refractivity contribution in [1.29, 1.82) is 0 Å². The van der Waals surface area contributed by atoms with E-state index in [4.69, 9.17) is 5.73 Å². The summed E-state index contributed by atoms with van der Waals surface area (Å²) in [7, 11) is -3.96. The number of pyridine rings is 1. The number of nitro groups is 1. The minimum absolute atomic E-state index is 0. The molecule has 1 aromatic rings. The highest BCUT2D eigenvalue weighted by molar-refractivity contribution is 7.89. The molecule has 118 valence electrons. The third-order valence-electron chi connectivity index (χ3n) is 3.35. The highest BCUT2D eigenvalue weighted by Gasteiger charge is 2.35. The molecule has 0 radical (unpaired) electrons. The molecule has 1 aliphatic rings. The van der Waals surface area contributed by atoms with Gasteiger partial charge in [-0.3, -0.25) is 10.1 Å². The summed E-state index contributed by atoms with van der Waals surface area (Å²) in [6.45, 7) is 1.02. The molecule has 10 heteroatoms. The lowest BCUT2D eigenvalue weighted by molar-refractivity contribution is -0.388. The van der Waals surface area contributed by atoms with Crippen LogP contribution in [0.4, 0.5) is 5.69 Å². The Morgan fingerprint density at radius 2 is 2.24 bits per heavy atom. The van der Waals surface area contributed by atoms with E-state index in [9.17, 15) is 18.5 Å². The Morgan fingerprint density at radius 1 is 1.52 bits per heavy atom. The molecule has 0 bridgehead atoms. The molecule has 1 saturated heterocycles. The van der Waals surface area contributed by atoms with Crippen molar-refractivity contribution >= 4 is 28.1 Å². The second-order valence-electron chi connectivity index (χ2n) is 4.69. The van der Waals surface area contributed by atoms with Crippen molar-refractivity contribution in [3.05, 3.63) is 28.4 Å². The maximum Gasteiger partial charge on any atom is 0.308 e. The van der Waals surface area contributed by atoms with Crippen LogP contribution in [-0.2, 0) is 10.0 Å². The topological polar surface area (TPSA) is 119 Å². The first-order valence-corrected chi connectivity index (χ1v) is 7.70. The van der Waals surface area contributed by atoms with Crippen LogP contribution in [0, 0.1) is 16.0 Å². The molecule has 8 nitrogen and oxygen atoms in total.